The van der Waals surface area contributed by atoms with E-state index in [1.165, 1.54) is 28.9 Å². The lowest BCUT2D eigenvalue weighted by Gasteiger charge is -2.34. The number of fused-ring (bicyclic) bond motifs is 3. The van der Waals surface area contributed by atoms with E-state index >= 15 is 0 Å². The predicted molar refractivity (Wildman–Crippen MR) is 155 cm³/mol. The topological polar surface area (TPSA) is 169 Å². The molecular weight excluding hydrogens is 582 g/mol. The zero-order valence-electron chi connectivity index (χ0n) is 22.1. The molecule has 1 aliphatic carbocycles. The van der Waals surface area contributed by atoms with Gasteiger partial charge in [-0.05, 0) is 67.6 Å². The molecule has 4 N–H and O–H groups in total. The van der Waals surface area contributed by atoms with Crippen molar-refractivity contribution in [2.45, 2.75) is 42.8 Å². The number of nitrogens with two attached hydrogens (primary N) is 1. The Morgan fingerprint density at radius 2 is 1.81 bits per heavy atom. The number of sulfonamides is 1. The van der Waals surface area contributed by atoms with Gasteiger partial charge in [-0.25, -0.2) is 13.4 Å². The lowest BCUT2D eigenvalue weighted by molar-refractivity contribution is -0.141. The molecule has 1 saturated carbocycles. The maximum atomic E-state index is 13.7. The molecule has 2 aliphatic rings. The summed E-state index contributed by atoms with van der Waals surface area (Å²) in [5.74, 6) is -1.21. The van der Waals surface area contributed by atoms with E-state index in [0.29, 0.717) is 17.8 Å². The van der Waals surface area contributed by atoms with Crippen LogP contribution < -0.4 is 15.8 Å². The first-order valence-corrected chi connectivity index (χ1v) is 15.1. The number of anilines is 2. The van der Waals surface area contributed by atoms with Crippen LogP contribution in [0, 0.1) is 5.92 Å². The highest BCUT2D eigenvalue weighted by molar-refractivity contribution is 7.92. The van der Waals surface area contributed by atoms with Gasteiger partial charge in [0.15, 0.2) is 5.69 Å². The van der Waals surface area contributed by atoms with Crippen LogP contribution in [0.1, 0.15) is 29.8 Å². The summed E-state index contributed by atoms with van der Waals surface area (Å²) >= 11 is 5.96. The Labute approximate surface area is 245 Å². The van der Waals surface area contributed by atoms with Crippen LogP contribution in [0.15, 0.2) is 71.6 Å². The summed E-state index contributed by atoms with van der Waals surface area (Å²) < 4.78 is 29.5. The average Bonchev–Trinajstić information content (AvgIpc) is 3.67. The van der Waals surface area contributed by atoms with Crippen LogP contribution in [0.4, 0.5) is 11.5 Å². The molecular formula is C28H26ClN7O5S. The van der Waals surface area contributed by atoms with Gasteiger partial charge in [0.1, 0.15) is 23.6 Å². The Morgan fingerprint density at radius 1 is 1.02 bits per heavy atom. The van der Waals surface area contributed by atoms with Crippen LogP contribution in [-0.2, 0) is 26.2 Å². The highest BCUT2D eigenvalue weighted by atomic mass is 35.5. The molecule has 42 heavy (non-hydrogen) atoms. The highest BCUT2D eigenvalue weighted by Gasteiger charge is 2.51. The number of nitrogens with zero attached hydrogens (tertiary/aromatic N) is 4. The van der Waals surface area contributed by atoms with Gasteiger partial charge in [0.2, 0.25) is 11.8 Å². The van der Waals surface area contributed by atoms with Crippen molar-refractivity contribution in [2.75, 3.05) is 10.0 Å². The molecule has 14 heteroatoms. The molecule has 3 amide bonds. The van der Waals surface area contributed by atoms with Crippen molar-refractivity contribution < 1.29 is 22.8 Å². The fourth-order valence-corrected chi connectivity index (χ4v) is 7.17. The lowest BCUT2D eigenvalue weighted by Crippen LogP contribution is -2.52. The molecule has 2 aromatic carbocycles. The van der Waals surface area contributed by atoms with E-state index in [0.717, 1.165) is 12.8 Å². The molecule has 1 aliphatic heterocycles. The van der Waals surface area contributed by atoms with Crippen molar-refractivity contribution in [1.82, 2.24) is 19.7 Å². The maximum Gasteiger partial charge on any atom is 0.269 e. The van der Waals surface area contributed by atoms with E-state index in [1.54, 1.807) is 47.4 Å². The molecule has 0 unspecified atom stereocenters. The second kappa shape index (κ2) is 10.7. The summed E-state index contributed by atoms with van der Waals surface area (Å²) in [4.78, 5) is 45.1. The number of primary amides is 1. The van der Waals surface area contributed by atoms with E-state index in [9.17, 15) is 22.8 Å². The summed E-state index contributed by atoms with van der Waals surface area (Å²) in [6, 6.07) is 16.5. The van der Waals surface area contributed by atoms with Crippen LogP contribution in [0.25, 0.3) is 10.9 Å². The van der Waals surface area contributed by atoms with Gasteiger partial charge in [-0.3, -0.25) is 23.8 Å². The number of rotatable bonds is 8. The summed E-state index contributed by atoms with van der Waals surface area (Å²) in [5.41, 5.74) is 6.09. The second-order valence-corrected chi connectivity index (χ2v) is 12.4. The minimum absolute atomic E-state index is 0.00822. The lowest BCUT2D eigenvalue weighted by atomic mass is 9.97. The van der Waals surface area contributed by atoms with Crippen LogP contribution in [0.3, 0.4) is 0 Å². The molecule has 6 rings (SSSR count). The smallest absolute Gasteiger partial charge is 0.269 e. The first kappa shape index (κ1) is 27.7. The summed E-state index contributed by atoms with van der Waals surface area (Å²) in [6.45, 7) is -0.249. The Bertz CT molecular complexity index is 1830. The first-order valence-electron chi connectivity index (χ1n) is 13.2. The number of halogens is 1. The molecule has 0 spiro atoms. The SMILES string of the molecule is NC(=O)c1nn(CC(=O)N2[C@@H]3CC[C@@H](C3)[C@H]2C(=O)Nc2cccc(Cl)n2)c2ccc(NS(=O)(=O)c3ccccc3)cc12. The number of pyridine rings is 1. The van der Waals surface area contributed by atoms with Crippen molar-refractivity contribution in [1.29, 1.82) is 0 Å². The maximum absolute atomic E-state index is 13.7. The molecule has 216 valence electrons. The van der Waals surface area contributed by atoms with Gasteiger partial charge in [-0.1, -0.05) is 35.9 Å². The Morgan fingerprint density at radius 3 is 2.55 bits per heavy atom. The van der Waals surface area contributed by atoms with Gasteiger partial charge in [-0.2, -0.15) is 5.10 Å². The number of likely N-dealkylation sites (tertiary alicyclic amines) is 1. The minimum Gasteiger partial charge on any atom is -0.364 e. The minimum atomic E-state index is -3.89. The van der Waals surface area contributed by atoms with Gasteiger partial charge in [0.05, 0.1) is 10.4 Å². The number of carbonyl (C=O) groups excluding carboxylic acids is 3. The number of amides is 3. The van der Waals surface area contributed by atoms with E-state index in [4.69, 9.17) is 17.3 Å². The fourth-order valence-electron chi connectivity index (χ4n) is 5.93. The number of piperidine rings is 1. The van der Waals surface area contributed by atoms with E-state index < -0.39 is 22.0 Å². The van der Waals surface area contributed by atoms with Crippen molar-refractivity contribution in [3.63, 3.8) is 0 Å². The van der Waals surface area contributed by atoms with Gasteiger partial charge in [-0.15, -0.1) is 0 Å². The normalized spacial score (nSPS) is 19.6. The van der Waals surface area contributed by atoms with Gasteiger partial charge >= 0.3 is 0 Å². The zero-order valence-corrected chi connectivity index (χ0v) is 23.7. The van der Waals surface area contributed by atoms with Crippen molar-refractivity contribution >= 4 is 61.8 Å². The van der Waals surface area contributed by atoms with Crippen molar-refractivity contribution in [3.05, 3.63) is 77.6 Å². The van der Waals surface area contributed by atoms with Gasteiger partial charge < -0.3 is 16.0 Å². The van der Waals surface area contributed by atoms with Crippen molar-refractivity contribution in [2.24, 2.45) is 11.7 Å². The van der Waals surface area contributed by atoms with Gasteiger partial charge in [0.25, 0.3) is 15.9 Å². The van der Waals surface area contributed by atoms with Crippen LogP contribution in [-0.4, -0.2) is 57.9 Å². The molecule has 1 saturated heterocycles. The third-order valence-electron chi connectivity index (χ3n) is 7.68. The monoisotopic (exact) mass is 607 g/mol. The third-order valence-corrected chi connectivity index (χ3v) is 9.29. The number of hydrogen-bond acceptors (Lipinski definition) is 7. The van der Waals surface area contributed by atoms with Crippen LogP contribution >= 0.6 is 11.6 Å². The Kier molecular flexibility index (Phi) is 7.07. The first-order chi connectivity index (χ1) is 20.1. The largest absolute Gasteiger partial charge is 0.364 e. The number of benzene rings is 2. The number of carbonyl (C=O) groups is 3. The van der Waals surface area contributed by atoms with E-state index in [1.807, 2.05) is 0 Å². The third kappa shape index (κ3) is 5.16. The van der Waals surface area contributed by atoms with E-state index in [-0.39, 0.29) is 57.1 Å². The average molecular weight is 608 g/mol. The molecule has 0 radical (unpaired) electrons. The molecule has 3 heterocycles. The quantitative estimate of drug-likeness (QED) is 0.259. The van der Waals surface area contributed by atoms with Crippen LogP contribution in [0.5, 0.6) is 0 Å². The molecule has 12 nitrogen and oxygen atoms in total. The number of aromatic nitrogens is 3. The molecule has 4 aromatic rings. The standard InChI is InChI=1S/C28H26ClN7O5S/c29-22-7-4-8-23(31-22)32-28(39)26-16-9-11-18(13-16)36(26)24(37)15-35-21-12-10-17(14-20(21)25(33-35)27(30)38)34-42(40,41)19-5-2-1-3-6-19/h1-8,10,12,14,16,18,26,34H,9,11,13,15H2,(H2,30,38)(H,31,32,39)/t16-,18+,26-/m0/s1. The van der Waals surface area contributed by atoms with Crippen molar-refractivity contribution in [3.8, 4) is 0 Å². The predicted octanol–water partition coefficient (Wildman–Crippen LogP) is 3.00. The summed E-state index contributed by atoms with van der Waals surface area (Å²) in [7, 11) is -3.89. The highest BCUT2D eigenvalue weighted by Crippen LogP contribution is 2.43. The Hall–Kier alpha value is -4.49. The summed E-state index contributed by atoms with van der Waals surface area (Å²) in [6.07, 6.45) is 2.32. The Balaban J connectivity index is 1.26. The van der Waals surface area contributed by atoms with Crippen LogP contribution in [0.2, 0.25) is 5.15 Å². The molecule has 2 fully saturated rings. The summed E-state index contributed by atoms with van der Waals surface area (Å²) in [5, 5.41) is 7.59. The fraction of sp³-hybridized carbons (Fsp3) is 0.250. The second-order valence-electron chi connectivity index (χ2n) is 10.3. The van der Waals surface area contributed by atoms with E-state index in [2.05, 4.69) is 20.1 Å². The molecule has 2 aromatic heterocycles. The molecule has 2 bridgehead atoms. The molecule has 3 atom stereocenters. The number of hydrogen-bond donors (Lipinski definition) is 3. The zero-order chi connectivity index (χ0) is 29.6. The number of nitrogens with one attached hydrogen (secondary N) is 2. The van der Waals surface area contributed by atoms with Gasteiger partial charge in [0, 0.05) is 17.1 Å².